The summed E-state index contributed by atoms with van der Waals surface area (Å²) in [6.45, 7) is 3.61. The second-order valence-corrected chi connectivity index (χ2v) is 6.97. The van der Waals surface area contributed by atoms with Crippen LogP contribution in [0.2, 0.25) is 0 Å². The van der Waals surface area contributed by atoms with Crippen LogP contribution in [-0.2, 0) is 9.59 Å². The molecule has 0 fully saturated rings. The van der Waals surface area contributed by atoms with Gasteiger partial charge in [0, 0.05) is 11.3 Å². The van der Waals surface area contributed by atoms with Gasteiger partial charge in [0.1, 0.15) is 11.8 Å². The van der Waals surface area contributed by atoms with Crippen molar-refractivity contribution in [3.8, 4) is 16.9 Å². The molecule has 150 valence electrons. The molecule has 3 aromatic rings. The molecule has 2 N–H and O–H groups in total. The van der Waals surface area contributed by atoms with Crippen LogP contribution < -0.4 is 15.4 Å². The molecule has 1 atom stereocenters. The first-order valence-electron chi connectivity index (χ1n) is 9.43. The molecule has 6 nitrogen and oxygen atoms in total. The zero-order chi connectivity index (χ0) is 20.6. The van der Waals surface area contributed by atoms with Crippen molar-refractivity contribution in [3.05, 3.63) is 73.2 Å². The van der Waals surface area contributed by atoms with Crippen molar-refractivity contribution in [1.29, 1.82) is 0 Å². The van der Waals surface area contributed by atoms with E-state index in [1.54, 1.807) is 24.7 Å². The lowest BCUT2D eigenvalue weighted by Gasteiger charge is -2.22. The maximum Gasteiger partial charge on any atom is 0.258 e. The van der Waals surface area contributed by atoms with Crippen molar-refractivity contribution in [2.24, 2.45) is 5.92 Å². The van der Waals surface area contributed by atoms with Crippen LogP contribution in [-0.4, -0.2) is 24.5 Å². The zero-order valence-corrected chi connectivity index (χ0v) is 16.4. The lowest BCUT2D eigenvalue weighted by atomic mass is 10.0. The minimum atomic E-state index is -0.671. The number of para-hydroxylation sites is 1. The Morgan fingerprint density at radius 2 is 1.69 bits per heavy atom. The first-order valence-corrected chi connectivity index (χ1v) is 9.43. The Labute approximate surface area is 169 Å². The van der Waals surface area contributed by atoms with E-state index < -0.39 is 6.04 Å². The molecule has 0 radical (unpaired) electrons. The van der Waals surface area contributed by atoms with Gasteiger partial charge in [0.2, 0.25) is 5.91 Å². The summed E-state index contributed by atoms with van der Waals surface area (Å²) in [7, 11) is 0. The summed E-state index contributed by atoms with van der Waals surface area (Å²) in [6.07, 6.45) is 3.28. The molecule has 0 saturated carbocycles. The van der Waals surface area contributed by atoms with Crippen LogP contribution in [0.25, 0.3) is 11.1 Å². The Morgan fingerprint density at radius 3 is 2.31 bits per heavy atom. The number of furan rings is 1. The average molecular weight is 392 g/mol. The fourth-order valence-corrected chi connectivity index (χ4v) is 2.81. The fraction of sp³-hybridized carbons (Fsp3) is 0.217. The number of nitrogens with one attached hydrogen (secondary N) is 2. The van der Waals surface area contributed by atoms with Gasteiger partial charge in [-0.2, -0.15) is 0 Å². The van der Waals surface area contributed by atoms with Gasteiger partial charge in [0.25, 0.3) is 5.91 Å². The first kappa shape index (κ1) is 20.2. The smallest absolute Gasteiger partial charge is 0.258 e. The first-order chi connectivity index (χ1) is 14.0. The maximum atomic E-state index is 12.7. The Hall–Kier alpha value is -3.54. The van der Waals surface area contributed by atoms with E-state index in [4.69, 9.17) is 9.15 Å². The average Bonchev–Trinajstić information content (AvgIpc) is 3.26. The minimum absolute atomic E-state index is 0.0825. The minimum Gasteiger partial charge on any atom is -0.484 e. The van der Waals surface area contributed by atoms with Crippen molar-refractivity contribution < 1.29 is 18.7 Å². The van der Waals surface area contributed by atoms with E-state index >= 15 is 0 Å². The molecule has 0 spiro atoms. The number of benzene rings is 2. The second-order valence-electron chi connectivity index (χ2n) is 6.97. The molecule has 3 rings (SSSR count). The van der Waals surface area contributed by atoms with Crippen LogP contribution in [0.5, 0.6) is 5.75 Å². The highest BCUT2D eigenvalue weighted by Crippen LogP contribution is 2.22. The Morgan fingerprint density at radius 1 is 0.966 bits per heavy atom. The molecule has 6 heteroatoms. The summed E-state index contributed by atoms with van der Waals surface area (Å²) >= 11 is 0. The topological polar surface area (TPSA) is 80.6 Å². The number of hydrogen-bond acceptors (Lipinski definition) is 4. The molecular weight excluding hydrogens is 368 g/mol. The molecule has 2 amide bonds. The summed E-state index contributed by atoms with van der Waals surface area (Å²) in [5.41, 5.74) is 2.61. The van der Waals surface area contributed by atoms with Gasteiger partial charge < -0.3 is 19.8 Å². The summed E-state index contributed by atoms with van der Waals surface area (Å²) in [5, 5.41) is 5.61. The molecule has 0 aliphatic carbocycles. The van der Waals surface area contributed by atoms with Gasteiger partial charge in [-0.25, -0.2) is 0 Å². The highest BCUT2D eigenvalue weighted by molar-refractivity contribution is 5.97. The summed E-state index contributed by atoms with van der Waals surface area (Å²) in [5.74, 6) is -0.103. The van der Waals surface area contributed by atoms with Crippen LogP contribution in [0.1, 0.15) is 13.8 Å². The molecule has 0 aliphatic rings. The highest BCUT2D eigenvalue weighted by Gasteiger charge is 2.24. The predicted molar refractivity (Wildman–Crippen MR) is 111 cm³/mol. The summed E-state index contributed by atoms with van der Waals surface area (Å²) < 4.78 is 10.5. The van der Waals surface area contributed by atoms with Gasteiger partial charge >= 0.3 is 0 Å². The third-order valence-corrected chi connectivity index (χ3v) is 4.39. The highest BCUT2D eigenvalue weighted by atomic mass is 16.5. The van der Waals surface area contributed by atoms with Crippen LogP contribution >= 0.6 is 0 Å². The van der Waals surface area contributed by atoms with Crippen LogP contribution in [0.15, 0.2) is 77.6 Å². The van der Waals surface area contributed by atoms with Gasteiger partial charge in [-0.15, -0.1) is 0 Å². The van der Waals surface area contributed by atoms with Gasteiger partial charge in [-0.3, -0.25) is 9.59 Å². The number of rotatable bonds is 8. The van der Waals surface area contributed by atoms with Gasteiger partial charge in [-0.05, 0) is 41.8 Å². The van der Waals surface area contributed by atoms with E-state index in [0.717, 1.165) is 11.1 Å². The SMILES string of the molecule is CC(C)C(NC(=O)COc1ccccc1)C(=O)Nc1ccc(-c2ccoc2)cc1. The number of hydrogen-bond donors (Lipinski definition) is 2. The van der Waals surface area contributed by atoms with E-state index in [1.165, 1.54) is 0 Å². The van der Waals surface area contributed by atoms with Gasteiger partial charge in [-0.1, -0.05) is 44.2 Å². The van der Waals surface area contributed by atoms with Crippen LogP contribution in [0, 0.1) is 5.92 Å². The molecule has 0 aliphatic heterocycles. The van der Waals surface area contributed by atoms with E-state index in [9.17, 15) is 9.59 Å². The van der Waals surface area contributed by atoms with Crippen LogP contribution in [0.3, 0.4) is 0 Å². The van der Waals surface area contributed by atoms with Gasteiger partial charge in [0.05, 0.1) is 12.5 Å². The molecule has 1 aromatic heterocycles. The maximum absolute atomic E-state index is 12.7. The molecule has 1 unspecified atom stereocenters. The number of ether oxygens (including phenoxy) is 1. The van der Waals surface area contributed by atoms with Crippen molar-refractivity contribution in [2.45, 2.75) is 19.9 Å². The lowest BCUT2D eigenvalue weighted by molar-refractivity contribution is -0.128. The molecule has 0 bridgehead atoms. The number of anilines is 1. The largest absolute Gasteiger partial charge is 0.484 e. The van der Waals surface area contributed by atoms with E-state index in [2.05, 4.69) is 10.6 Å². The standard InChI is InChI=1S/C23H24N2O4/c1-16(2)22(25-21(26)15-29-20-6-4-3-5-7-20)23(27)24-19-10-8-17(9-11-19)18-12-13-28-14-18/h3-14,16,22H,15H2,1-2H3,(H,24,27)(H,25,26). The van der Waals surface area contributed by atoms with Crippen molar-refractivity contribution in [2.75, 3.05) is 11.9 Å². The van der Waals surface area contributed by atoms with E-state index in [1.807, 2.05) is 62.4 Å². The van der Waals surface area contributed by atoms with E-state index in [-0.39, 0.29) is 24.3 Å². The fourth-order valence-electron chi connectivity index (χ4n) is 2.81. The summed E-state index contributed by atoms with van der Waals surface area (Å²) in [4.78, 5) is 24.9. The summed E-state index contributed by atoms with van der Waals surface area (Å²) in [6, 6.07) is 17.7. The Bertz CT molecular complexity index is 919. The monoisotopic (exact) mass is 392 g/mol. The lowest BCUT2D eigenvalue weighted by Crippen LogP contribution is -2.48. The third kappa shape index (κ3) is 5.72. The van der Waals surface area contributed by atoms with Crippen molar-refractivity contribution in [1.82, 2.24) is 5.32 Å². The second kappa shape index (κ2) is 9.59. The van der Waals surface area contributed by atoms with E-state index in [0.29, 0.717) is 11.4 Å². The van der Waals surface area contributed by atoms with Crippen molar-refractivity contribution in [3.63, 3.8) is 0 Å². The van der Waals surface area contributed by atoms with Crippen LogP contribution in [0.4, 0.5) is 5.69 Å². The molecule has 2 aromatic carbocycles. The molecule has 1 heterocycles. The third-order valence-electron chi connectivity index (χ3n) is 4.39. The predicted octanol–water partition coefficient (Wildman–Crippen LogP) is 4.10. The number of carbonyl (C=O) groups is 2. The van der Waals surface area contributed by atoms with Gasteiger partial charge in [0.15, 0.2) is 6.61 Å². The number of carbonyl (C=O) groups excluding carboxylic acids is 2. The molecule has 29 heavy (non-hydrogen) atoms. The quantitative estimate of drug-likeness (QED) is 0.605. The Balaban J connectivity index is 1.56. The zero-order valence-electron chi connectivity index (χ0n) is 16.4. The molecular formula is C23H24N2O4. The Kier molecular flexibility index (Phi) is 6.68. The normalized spacial score (nSPS) is 11.7. The molecule has 0 saturated heterocycles. The number of amides is 2. The van der Waals surface area contributed by atoms with Crippen molar-refractivity contribution >= 4 is 17.5 Å².